The number of nitrogens with zero attached hydrogens (tertiary/aromatic N) is 2. The van der Waals surface area contributed by atoms with Crippen LogP contribution in [0.5, 0.6) is 0 Å². The van der Waals surface area contributed by atoms with Crippen molar-refractivity contribution < 1.29 is 14.4 Å². The Morgan fingerprint density at radius 2 is 1.16 bits per heavy atom. The van der Waals surface area contributed by atoms with Crippen LogP contribution < -0.4 is 44.6 Å². The Labute approximate surface area is 297 Å². The van der Waals surface area contributed by atoms with E-state index in [0.29, 0.717) is 12.1 Å². The largest absolute Gasteiger partial charge is 0.370 e. The van der Waals surface area contributed by atoms with Gasteiger partial charge in [-0.2, -0.15) is 0 Å². The molecule has 0 radical (unpaired) electrons. The Morgan fingerprint density at radius 3 is 1.78 bits per heavy atom. The maximum absolute atomic E-state index is 14.0. The highest BCUT2D eigenvalue weighted by atomic mass is 16.2. The standard InChI is InChI=1S/C38H46N10O3/c39-31(22-25-15-19-30(20-16-25)46-38(42)43)34(49)48-33(23-26-13-17-29(18-14-26)28-10-5-2-6-11-28)36(51)47-32(12-7-21-44-37(40)41)35(50)45-24-27-8-3-1-4-9-27/h1-6,8-11,13-20,31-33H,7,12,21-24,39H2,(H,45,50)(H,47,51)(H,48,49)(H4,40,41,44)(H4,42,43,46)/t31-,32-,33-/m0/s1. The molecule has 3 amide bonds. The van der Waals surface area contributed by atoms with E-state index in [0.717, 1.165) is 27.8 Å². The second kappa shape index (κ2) is 19.1. The van der Waals surface area contributed by atoms with Gasteiger partial charge < -0.3 is 44.6 Å². The molecule has 0 aromatic heterocycles. The molecule has 3 atom stereocenters. The number of benzene rings is 4. The molecule has 266 valence electrons. The number of aliphatic imine (C=N–C) groups is 2. The fraction of sp³-hybridized carbons (Fsp3) is 0.237. The molecule has 0 saturated heterocycles. The minimum absolute atomic E-state index is 0.0637. The molecule has 0 aliphatic heterocycles. The average Bonchev–Trinajstić information content (AvgIpc) is 3.13. The minimum Gasteiger partial charge on any atom is -0.370 e. The van der Waals surface area contributed by atoms with Crippen LogP contribution in [0.2, 0.25) is 0 Å². The Kier molecular flexibility index (Phi) is 14.1. The lowest BCUT2D eigenvalue weighted by Gasteiger charge is -2.24. The SMILES string of the molecule is NC(N)=NCCC[C@H](NC(=O)[C@H](Cc1ccc(-c2ccccc2)cc1)NC(=O)[C@@H](N)Cc1ccc(N=C(N)N)cc1)C(=O)NCc1ccccc1. The predicted octanol–water partition coefficient (Wildman–Crippen LogP) is 1.71. The molecule has 13 heteroatoms. The van der Waals surface area contributed by atoms with Crippen molar-refractivity contribution in [2.24, 2.45) is 38.7 Å². The molecule has 0 heterocycles. The van der Waals surface area contributed by atoms with Crippen LogP contribution in [-0.4, -0.2) is 54.3 Å². The fourth-order valence-electron chi connectivity index (χ4n) is 5.34. The maximum Gasteiger partial charge on any atom is 0.243 e. The number of nitrogens with one attached hydrogen (secondary N) is 3. The van der Waals surface area contributed by atoms with E-state index >= 15 is 0 Å². The van der Waals surface area contributed by atoms with Crippen LogP contribution in [0.4, 0.5) is 5.69 Å². The normalized spacial score (nSPS) is 12.4. The molecule has 13 N–H and O–H groups in total. The van der Waals surface area contributed by atoms with Gasteiger partial charge in [-0.3, -0.25) is 19.4 Å². The van der Waals surface area contributed by atoms with E-state index in [2.05, 4.69) is 25.9 Å². The summed E-state index contributed by atoms with van der Waals surface area (Å²) in [5, 5.41) is 8.60. The first-order chi connectivity index (χ1) is 24.6. The molecule has 13 nitrogen and oxygen atoms in total. The van der Waals surface area contributed by atoms with Gasteiger partial charge in [0, 0.05) is 19.5 Å². The minimum atomic E-state index is -1.04. The van der Waals surface area contributed by atoms with E-state index in [1.807, 2.05) is 84.9 Å². The topological polar surface area (TPSA) is 242 Å². The number of guanidine groups is 2. The van der Waals surface area contributed by atoms with Crippen LogP contribution in [0.1, 0.15) is 29.5 Å². The summed E-state index contributed by atoms with van der Waals surface area (Å²) in [5.41, 5.74) is 33.3. The van der Waals surface area contributed by atoms with Gasteiger partial charge in [-0.25, -0.2) is 4.99 Å². The lowest BCUT2D eigenvalue weighted by Crippen LogP contribution is -2.56. The van der Waals surface area contributed by atoms with Crippen molar-refractivity contribution in [3.05, 3.63) is 126 Å². The smallest absolute Gasteiger partial charge is 0.243 e. The van der Waals surface area contributed by atoms with E-state index < -0.39 is 29.9 Å². The summed E-state index contributed by atoms with van der Waals surface area (Å²) in [6.45, 7) is 0.548. The van der Waals surface area contributed by atoms with Crippen molar-refractivity contribution in [3.63, 3.8) is 0 Å². The molecule has 0 aliphatic rings. The van der Waals surface area contributed by atoms with Crippen molar-refractivity contribution >= 4 is 35.3 Å². The molecule has 0 aliphatic carbocycles. The number of carbonyl (C=O) groups is 3. The highest BCUT2D eigenvalue weighted by Gasteiger charge is 2.28. The lowest BCUT2D eigenvalue weighted by molar-refractivity contribution is -0.132. The van der Waals surface area contributed by atoms with Gasteiger partial charge in [0.15, 0.2) is 11.9 Å². The van der Waals surface area contributed by atoms with Crippen molar-refractivity contribution in [1.82, 2.24) is 16.0 Å². The van der Waals surface area contributed by atoms with Crippen LogP contribution in [0, 0.1) is 0 Å². The van der Waals surface area contributed by atoms with Gasteiger partial charge in [-0.05, 0) is 59.2 Å². The predicted molar refractivity (Wildman–Crippen MR) is 201 cm³/mol. The Morgan fingerprint density at radius 1 is 0.588 bits per heavy atom. The Bertz CT molecular complexity index is 1770. The molecular formula is C38H46N10O3. The second-order valence-corrected chi connectivity index (χ2v) is 12.1. The van der Waals surface area contributed by atoms with E-state index in [4.69, 9.17) is 28.7 Å². The first-order valence-electron chi connectivity index (χ1n) is 16.6. The summed E-state index contributed by atoms with van der Waals surface area (Å²) in [6.07, 6.45) is 1.03. The third-order valence-electron chi connectivity index (χ3n) is 8.01. The number of hydrogen-bond donors (Lipinski definition) is 8. The van der Waals surface area contributed by atoms with Gasteiger partial charge in [-0.15, -0.1) is 0 Å². The van der Waals surface area contributed by atoms with Crippen molar-refractivity contribution in [2.45, 2.75) is 50.4 Å². The van der Waals surface area contributed by atoms with Gasteiger partial charge in [0.2, 0.25) is 17.7 Å². The molecule has 0 bridgehead atoms. The van der Waals surface area contributed by atoms with Gasteiger partial charge in [0.05, 0.1) is 11.7 Å². The summed E-state index contributed by atoms with van der Waals surface area (Å²) in [6, 6.07) is 31.1. The van der Waals surface area contributed by atoms with Gasteiger partial charge in [0.1, 0.15) is 12.1 Å². The summed E-state index contributed by atoms with van der Waals surface area (Å²) >= 11 is 0. The van der Waals surface area contributed by atoms with E-state index in [1.54, 1.807) is 24.3 Å². The number of nitrogens with two attached hydrogens (primary N) is 5. The number of amides is 3. The van der Waals surface area contributed by atoms with Crippen molar-refractivity contribution in [1.29, 1.82) is 0 Å². The van der Waals surface area contributed by atoms with E-state index in [1.165, 1.54) is 0 Å². The van der Waals surface area contributed by atoms with Crippen LogP contribution in [-0.2, 0) is 33.8 Å². The first-order valence-corrected chi connectivity index (χ1v) is 16.6. The molecule has 0 fully saturated rings. The van der Waals surface area contributed by atoms with Crippen molar-refractivity contribution in [3.8, 4) is 11.1 Å². The molecule has 0 spiro atoms. The zero-order chi connectivity index (χ0) is 36.6. The number of carbonyl (C=O) groups excluding carboxylic acids is 3. The fourth-order valence-corrected chi connectivity index (χ4v) is 5.34. The quantitative estimate of drug-likeness (QED) is 0.0460. The van der Waals surface area contributed by atoms with E-state index in [9.17, 15) is 14.4 Å². The van der Waals surface area contributed by atoms with Crippen LogP contribution >= 0.6 is 0 Å². The zero-order valence-corrected chi connectivity index (χ0v) is 28.4. The Balaban J connectivity index is 1.51. The lowest BCUT2D eigenvalue weighted by atomic mass is 9.99. The third kappa shape index (κ3) is 12.6. The number of rotatable bonds is 17. The molecule has 51 heavy (non-hydrogen) atoms. The van der Waals surface area contributed by atoms with Gasteiger partial charge in [0.25, 0.3) is 0 Å². The molecular weight excluding hydrogens is 644 g/mol. The maximum atomic E-state index is 14.0. The third-order valence-corrected chi connectivity index (χ3v) is 8.01. The summed E-state index contributed by atoms with van der Waals surface area (Å²) in [5.74, 6) is -1.57. The molecule has 4 rings (SSSR count). The molecule has 4 aromatic rings. The van der Waals surface area contributed by atoms with Crippen LogP contribution in [0.25, 0.3) is 11.1 Å². The molecule has 0 saturated carbocycles. The Hall–Kier alpha value is -6.21. The number of hydrogen-bond acceptors (Lipinski definition) is 6. The van der Waals surface area contributed by atoms with Crippen molar-refractivity contribution in [2.75, 3.05) is 6.54 Å². The molecule has 4 aromatic carbocycles. The highest BCUT2D eigenvalue weighted by molar-refractivity contribution is 5.93. The molecule has 0 unspecified atom stereocenters. The van der Waals surface area contributed by atoms with Crippen LogP contribution in [0.3, 0.4) is 0 Å². The monoisotopic (exact) mass is 690 g/mol. The average molecular weight is 691 g/mol. The summed E-state index contributed by atoms with van der Waals surface area (Å²) in [4.78, 5) is 48.8. The second-order valence-electron chi connectivity index (χ2n) is 12.1. The zero-order valence-electron chi connectivity index (χ0n) is 28.4. The first kappa shape index (κ1) is 37.6. The summed E-state index contributed by atoms with van der Waals surface area (Å²) in [7, 11) is 0. The highest BCUT2D eigenvalue weighted by Crippen LogP contribution is 2.20. The van der Waals surface area contributed by atoms with Gasteiger partial charge in [-0.1, -0.05) is 97.1 Å². The summed E-state index contributed by atoms with van der Waals surface area (Å²) < 4.78 is 0. The van der Waals surface area contributed by atoms with Crippen LogP contribution in [0.15, 0.2) is 119 Å². The van der Waals surface area contributed by atoms with E-state index in [-0.39, 0.29) is 50.2 Å². The van der Waals surface area contributed by atoms with Gasteiger partial charge >= 0.3 is 0 Å².